The molecule has 0 aromatic heterocycles. The van der Waals surface area contributed by atoms with Crippen molar-refractivity contribution in [3.63, 3.8) is 0 Å². The molecule has 1 atom stereocenters. The Bertz CT molecular complexity index is 515. The topological polar surface area (TPSA) is 34.1 Å². The number of aryl methyl sites for hydroxylation is 1. The first-order chi connectivity index (χ1) is 7.88. The SMILES string of the molecule is Cc1ccc2c(c1)C[C@@H](CS(=O)(=O)C(C)C)C2. The molecule has 0 saturated heterocycles. The first kappa shape index (κ1) is 12.6. The summed E-state index contributed by atoms with van der Waals surface area (Å²) in [5.74, 6) is 0.609. The first-order valence-electron chi connectivity index (χ1n) is 6.18. The molecule has 0 bridgehead atoms. The molecule has 0 heterocycles. The van der Waals surface area contributed by atoms with Gasteiger partial charge in [-0.25, -0.2) is 8.42 Å². The van der Waals surface area contributed by atoms with Crippen LogP contribution in [0.1, 0.15) is 30.5 Å². The second kappa shape index (κ2) is 4.45. The second-order valence-corrected chi connectivity index (χ2v) is 8.03. The summed E-state index contributed by atoms with van der Waals surface area (Å²) in [5.41, 5.74) is 3.93. The van der Waals surface area contributed by atoms with Gasteiger partial charge in [0, 0.05) is 0 Å². The van der Waals surface area contributed by atoms with Crippen LogP contribution in [0.15, 0.2) is 18.2 Å². The van der Waals surface area contributed by atoms with Crippen LogP contribution in [0.3, 0.4) is 0 Å². The predicted molar refractivity (Wildman–Crippen MR) is 71.0 cm³/mol. The Hall–Kier alpha value is -0.830. The molecule has 1 aliphatic carbocycles. The van der Waals surface area contributed by atoms with Crippen molar-refractivity contribution in [3.05, 3.63) is 34.9 Å². The molecule has 3 heteroatoms. The Kier molecular flexibility index (Phi) is 3.30. The average Bonchev–Trinajstić information content (AvgIpc) is 2.57. The van der Waals surface area contributed by atoms with E-state index in [0.717, 1.165) is 12.8 Å². The fourth-order valence-corrected chi connectivity index (χ4v) is 3.75. The van der Waals surface area contributed by atoms with E-state index in [1.165, 1.54) is 16.7 Å². The van der Waals surface area contributed by atoms with Crippen molar-refractivity contribution in [2.75, 3.05) is 5.75 Å². The molecule has 2 rings (SSSR count). The predicted octanol–water partition coefficient (Wildman–Crippen LogP) is 2.53. The smallest absolute Gasteiger partial charge is 0.152 e. The second-order valence-electron chi connectivity index (χ2n) is 5.42. The molecule has 17 heavy (non-hydrogen) atoms. The minimum absolute atomic E-state index is 0.257. The van der Waals surface area contributed by atoms with Crippen LogP contribution < -0.4 is 0 Å². The van der Waals surface area contributed by atoms with Gasteiger partial charge in [-0.15, -0.1) is 0 Å². The highest BCUT2D eigenvalue weighted by molar-refractivity contribution is 7.91. The van der Waals surface area contributed by atoms with Gasteiger partial charge in [0.15, 0.2) is 9.84 Å². The fourth-order valence-electron chi connectivity index (χ4n) is 2.48. The minimum atomic E-state index is -2.91. The Balaban J connectivity index is 2.11. The molecule has 2 nitrogen and oxygen atoms in total. The molecule has 94 valence electrons. The molecule has 1 aliphatic rings. The van der Waals surface area contributed by atoms with Crippen molar-refractivity contribution in [1.82, 2.24) is 0 Å². The number of fused-ring (bicyclic) bond motifs is 1. The van der Waals surface area contributed by atoms with Gasteiger partial charge in [-0.1, -0.05) is 23.8 Å². The number of rotatable bonds is 3. The maximum Gasteiger partial charge on any atom is 0.152 e. The van der Waals surface area contributed by atoms with E-state index in [9.17, 15) is 8.42 Å². The largest absolute Gasteiger partial charge is 0.229 e. The van der Waals surface area contributed by atoms with Gasteiger partial charge < -0.3 is 0 Å². The summed E-state index contributed by atoms with van der Waals surface area (Å²) in [7, 11) is -2.91. The zero-order chi connectivity index (χ0) is 12.6. The van der Waals surface area contributed by atoms with Crippen molar-refractivity contribution in [2.24, 2.45) is 5.92 Å². The average molecular weight is 252 g/mol. The van der Waals surface area contributed by atoms with Gasteiger partial charge >= 0.3 is 0 Å². The van der Waals surface area contributed by atoms with Crippen LogP contribution in [0, 0.1) is 12.8 Å². The van der Waals surface area contributed by atoms with Gasteiger partial charge in [0.25, 0.3) is 0 Å². The van der Waals surface area contributed by atoms with Crippen molar-refractivity contribution < 1.29 is 8.42 Å². The Morgan fingerprint density at radius 1 is 1.24 bits per heavy atom. The summed E-state index contributed by atoms with van der Waals surface area (Å²) in [6.07, 6.45) is 1.84. The standard InChI is InChI=1S/C14H20O2S/c1-10(2)17(15,16)9-12-7-13-5-4-11(3)6-14(13)8-12/h4-6,10,12H,7-9H2,1-3H3/t12-/m0/s1. The molecule has 0 N–H and O–H groups in total. The van der Waals surface area contributed by atoms with E-state index < -0.39 is 9.84 Å². The summed E-state index contributed by atoms with van der Waals surface area (Å²) in [6.45, 7) is 5.61. The minimum Gasteiger partial charge on any atom is -0.229 e. The van der Waals surface area contributed by atoms with Crippen molar-refractivity contribution in [2.45, 2.75) is 38.9 Å². The lowest BCUT2D eigenvalue weighted by atomic mass is 10.1. The van der Waals surface area contributed by atoms with Gasteiger partial charge in [-0.05, 0) is 50.7 Å². The van der Waals surface area contributed by atoms with Crippen LogP contribution in [0.5, 0.6) is 0 Å². The molecular weight excluding hydrogens is 232 g/mol. The Morgan fingerprint density at radius 3 is 2.53 bits per heavy atom. The molecule has 0 radical (unpaired) electrons. The third kappa shape index (κ3) is 2.71. The molecule has 0 saturated carbocycles. The monoisotopic (exact) mass is 252 g/mol. The molecular formula is C14H20O2S. The zero-order valence-electron chi connectivity index (χ0n) is 10.7. The van der Waals surface area contributed by atoms with E-state index in [2.05, 4.69) is 25.1 Å². The van der Waals surface area contributed by atoms with Crippen LogP contribution in [-0.4, -0.2) is 19.4 Å². The molecule has 1 aromatic rings. The summed E-state index contributed by atoms with van der Waals surface area (Å²) in [4.78, 5) is 0. The highest BCUT2D eigenvalue weighted by Crippen LogP contribution is 2.29. The summed E-state index contributed by atoms with van der Waals surface area (Å²) in [5, 5.41) is -0.257. The maximum absolute atomic E-state index is 11.9. The van der Waals surface area contributed by atoms with Gasteiger partial charge in [-0.2, -0.15) is 0 Å². The molecule has 0 aliphatic heterocycles. The third-order valence-corrected chi connectivity index (χ3v) is 5.94. The summed E-state index contributed by atoms with van der Waals surface area (Å²) in [6, 6.07) is 6.45. The van der Waals surface area contributed by atoms with E-state index in [0.29, 0.717) is 5.75 Å². The lowest BCUT2D eigenvalue weighted by molar-refractivity contribution is 0.557. The fraction of sp³-hybridized carbons (Fsp3) is 0.571. The van der Waals surface area contributed by atoms with E-state index in [1.54, 1.807) is 13.8 Å². The Labute approximate surface area is 104 Å². The van der Waals surface area contributed by atoms with Crippen molar-refractivity contribution in [1.29, 1.82) is 0 Å². The number of benzene rings is 1. The van der Waals surface area contributed by atoms with E-state index in [1.807, 2.05) is 0 Å². The van der Waals surface area contributed by atoms with Crippen molar-refractivity contribution >= 4 is 9.84 Å². The highest BCUT2D eigenvalue weighted by atomic mass is 32.2. The van der Waals surface area contributed by atoms with Gasteiger partial charge in [-0.3, -0.25) is 0 Å². The summed E-state index contributed by atoms with van der Waals surface area (Å²) >= 11 is 0. The molecule has 0 spiro atoms. The molecule has 0 amide bonds. The van der Waals surface area contributed by atoms with E-state index in [-0.39, 0.29) is 11.2 Å². The number of sulfone groups is 1. The van der Waals surface area contributed by atoms with Gasteiger partial charge in [0.1, 0.15) is 0 Å². The van der Waals surface area contributed by atoms with Gasteiger partial charge in [0.05, 0.1) is 11.0 Å². The molecule has 0 unspecified atom stereocenters. The lowest BCUT2D eigenvalue weighted by Gasteiger charge is -2.12. The summed E-state index contributed by atoms with van der Waals surface area (Å²) < 4.78 is 23.8. The van der Waals surface area contributed by atoms with Crippen molar-refractivity contribution in [3.8, 4) is 0 Å². The maximum atomic E-state index is 11.9. The quantitative estimate of drug-likeness (QED) is 0.828. The highest BCUT2D eigenvalue weighted by Gasteiger charge is 2.27. The molecule has 0 fully saturated rings. The number of hydrogen-bond donors (Lipinski definition) is 0. The van der Waals surface area contributed by atoms with E-state index >= 15 is 0 Å². The normalized spacial score (nSPS) is 19.6. The van der Waals surface area contributed by atoms with E-state index in [4.69, 9.17) is 0 Å². The number of hydrogen-bond acceptors (Lipinski definition) is 2. The first-order valence-corrected chi connectivity index (χ1v) is 7.90. The third-order valence-electron chi connectivity index (χ3n) is 3.57. The van der Waals surface area contributed by atoms with Crippen LogP contribution in [0.2, 0.25) is 0 Å². The molecule has 1 aromatic carbocycles. The lowest BCUT2D eigenvalue weighted by Crippen LogP contribution is -2.23. The van der Waals surface area contributed by atoms with Crippen LogP contribution >= 0.6 is 0 Å². The zero-order valence-corrected chi connectivity index (χ0v) is 11.5. The van der Waals surface area contributed by atoms with Crippen LogP contribution in [-0.2, 0) is 22.7 Å². The van der Waals surface area contributed by atoms with Crippen LogP contribution in [0.4, 0.5) is 0 Å². The van der Waals surface area contributed by atoms with Gasteiger partial charge in [0.2, 0.25) is 0 Å². The Morgan fingerprint density at radius 2 is 1.88 bits per heavy atom. The van der Waals surface area contributed by atoms with Crippen LogP contribution in [0.25, 0.3) is 0 Å².